The molecule has 0 aliphatic carbocycles. The van der Waals surface area contributed by atoms with Gasteiger partial charge in [0.05, 0.1) is 16.9 Å². The fourth-order valence-corrected chi connectivity index (χ4v) is 5.76. The Morgan fingerprint density at radius 3 is 2.47 bits per heavy atom. The van der Waals surface area contributed by atoms with Crippen LogP contribution in [-0.2, 0) is 9.59 Å². The van der Waals surface area contributed by atoms with Crippen LogP contribution in [0.3, 0.4) is 0 Å². The highest BCUT2D eigenvalue weighted by atomic mass is 32.2. The summed E-state index contributed by atoms with van der Waals surface area (Å²) < 4.78 is 15.1. The number of anilines is 2. The summed E-state index contributed by atoms with van der Waals surface area (Å²) in [5.41, 5.74) is 2.24. The predicted molar refractivity (Wildman–Crippen MR) is 149 cm³/mol. The number of benzene rings is 1. The van der Waals surface area contributed by atoms with Crippen LogP contribution in [0.1, 0.15) is 17.5 Å². The van der Waals surface area contributed by atoms with E-state index in [-0.39, 0.29) is 39.1 Å². The normalized spacial score (nSPS) is 17.2. The van der Waals surface area contributed by atoms with Gasteiger partial charge in [-0.05, 0) is 48.9 Å². The zero-order chi connectivity index (χ0) is 27.0. The highest BCUT2D eigenvalue weighted by Gasteiger charge is 2.33. The number of amides is 1. The number of aryl methyl sites for hydroxylation is 1. The van der Waals surface area contributed by atoms with Gasteiger partial charge < -0.3 is 14.9 Å². The number of carbonyl (C=O) groups excluding carboxylic acids is 1. The van der Waals surface area contributed by atoms with E-state index in [0.29, 0.717) is 37.6 Å². The molecule has 2 saturated heterocycles. The first-order valence-corrected chi connectivity index (χ1v) is 13.2. The molecule has 2 fully saturated rings. The van der Waals surface area contributed by atoms with E-state index in [1.165, 1.54) is 27.5 Å². The van der Waals surface area contributed by atoms with Crippen molar-refractivity contribution in [2.45, 2.75) is 13.3 Å². The summed E-state index contributed by atoms with van der Waals surface area (Å²) in [5, 5.41) is 9.01. The second kappa shape index (κ2) is 10.5. The van der Waals surface area contributed by atoms with E-state index in [1.807, 2.05) is 17.9 Å². The Morgan fingerprint density at radius 2 is 1.79 bits per heavy atom. The zero-order valence-corrected chi connectivity index (χ0v) is 22.1. The smallest absolute Gasteiger partial charge is 0.305 e. The summed E-state index contributed by atoms with van der Waals surface area (Å²) in [7, 11) is 0. The molecule has 1 aromatic carbocycles. The zero-order valence-electron chi connectivity index (χ0n) is 20.5. The molecule has 9 nitrogen and oxygen atoms in total. The van der Waals surface area contributed by atoms with Crippen molar-refractivity contribution in [2.75, 3.05) is 42.5 Å². The lowest BCUT2D eigenvalue weighted by Crippen LogP contribution is -2.47. The largest absolute Gasteiger partial charge is 0.481 e. The van der Waals surface area contributed by atoms with Gasteiger partial charge in [-0.25, -0.2) is 9.37 Å². The molecule has 1 amide bonds. The van der Waals surface area contributed by atoms with Gasteiger partial charge in [0, 0.05) is 44.6 Å². The van der Waals surface area contributed by atoms with E-state index in [1.54, 1.807) is 24.4 Å². The van der Waals surface area contributed by atoms with Gasteiger partial charge >= 0.3 is 5.97 Å². The quantitative estimate of drug-likeness (QED) is 0.365. The molecule has 0 unspecified atom stereocenters. The number of aromatic nitrogens is 2. The lowest BCUT2D eigenvalue weighted by Gasteiger charge is -2.37. The topological polar surface area (TPSA) is 98.5 Å². The average Bonchev–Trinajstić information content (AvgIpc) is 3.17. The third-order valence-electron chi connectivity index (χ3n) is 6.45. The van der Waals surface area contributed by atoms with E-state index in [0.717, 1.165) is 23.0 Å². The van der Waals surface area contributed by atoms with E-state index in [2.05, 4.69) is 4.90 Å². The molecule has 0 spiro atoms. The van der Waals surface area contributed by atoms with Gasteiger partial charge in [0.1, 0.15) is 21.6 Å². The summed E-state index contributed by atoms with van der Waals surface area (Å²) in [6.07, 6.45) is 2.99. The molecule has 4 heterocycles. The van der Waals surface area contributed by atoms with Crippen LogP contribution in [0.15, 0.2) is 52.3 Å². The maximum Gasteiger partial charge on any atom is 0.305 e. The van der Waals surface area contributed by atoms with Gasteiger partial charge in [-0.1, -0.05) is 30.0 Å². The summed E-state index contributed by atoms with van der Waals surface area (Å²) in [5.74, 6) is -1.28. The summed E-state index contributed by atoms with van der Waals surface area (Å²) in [4.78, 5) is 48.2. The van der Waals surface area contributed by atoms with E-state index in [9.17, 15) is 18.8 Å². The number of hydrogen-bond donors (Lipinski definition) is 1. The standard InChI is InChI=1S/C26H24FN5O4S2/c1-16-2-7-21-28-23(30-12-10-29(11-13-30)18-5-3-17(27)4-6-18)19(24(35)32(21)15-16)14-20-25(36)31(26(37)38-20)9-8-22(33)34/h2-7,14-15H,8-13H2,1H3,(H,33,34). The van der Waals surface area contributed by atoms with Gasteiger partial charge in [0.2, 0.25) is 0 Å². The number of nitrogens with zero attached hydrogens (tertiary/aromatic N) is 5. The van der Waals surface area contributed by atoms with E-state index in [4.69, 9.17) is 22.3 Å². The number of carbonyl (C=O) groups is 2. The maximum atomic E-state index is 13.7. The molecule has 0 atom stereocenters. The van der Waals surface area contributed by atoms with Crippen LogP contribution in [0, 0.1) is 12.7 Å². The Bertz CT molecular complexity index is 1530. The fourth-order valence-electron chi connectivity index (χ4n) is 4.47. The molecule has 1 N–H and O–H groups in total. The number of piperazine rings is 1. The van der Waals surface area contributed by atoms with Crippen LogP contribution in [-0.4, -0.2) is 68.3 Å². The lowest BCUT2D eigenvalue weighted by atomic mass is 10.2. The first-order chi connectivity index (χ1) is 18.2. The average molecular weight is 554 g/mol. The number of thiocarbonyl (C=S) groups is 1. The van der Waals surface area contributed by atoms with Crippen molar-refractivity contribution in [1.29, 1.82) is 0 Å². The van der Waals surface area contributed by atoms with Crippen molar-refractivity contribution < 1.29 is 19.1 Å². The monoisotopic (exact) mass is 553 g/mol. The first-order valence-electron chi connectivity index (χ1n) is 12.0. The summed E-state index contributed by atoms with van der Waals surface area (Å²) in [6, 6.07) is 10.0. The van der Waals surface area contributed by atoms with Crippen LogP contribution in [0.25, 0.3) is 11.7 Å². The minimum absolute atomic E-state index is 0.0380. The molecule has 5 rings (SSSR count). The molecule has 0 radical (unpaired) electrons. The highest BCUT2D eigenvalue weighted by Crippen LogP contribution is 2.34. The molecule has 0 saturated carbocycles. The van der Waals surface area contributed by atoms with Crippen LogP contribution in [0.2, 0.25) is 0 Å². The Morgan fingerprint density at radius 1 is 1.11 bits per heavy atom. The molecule has 0 bridgehead atoms. The number of carboxylic acid groups (broad SMARTS) is 1. The SMILES string of the molecule is Cc1ccc2nc(N3CCN(c4ccc(F)cc4)CC3)c(C=C3SC(=S)N(CCC(=O)O)C3=O)c(=O)n2c1. The van der Waals surface area contributed by atoms with Crippen molar-refractivity contribution in [3.8, 4) is 0 Å². The van der Waals surface area contributed by atoms with Gasteiger partial charge in [-0.3, -0.25) is 23.7 Å². The number of halogens is 1. The molecular weight excluding hydrogens is 529 g/mol. The van der Waals surface area contributed by atoms with Crippen LogP contribution in [0.4, 0.5) is 15.9 Å². The van der Waals surface area contributed by atoms with Crippen LogP contribution in [0.5, 0.6) is 0 Å². The highest BCUT2D eigenvalue weighted by molar-refractivity contribution is 8.26. The first kappa shape index (κ1) is 25.9. The molecule has 2 aromatic heterocycles. The Balaban J connectivity index is 1.50. The van der Waals surface area contributed by atoms with E-state index < -0.39 is 11.9 Å². The molecule has 2 aliphatic rings. The summed E-state index contributed by atoms with van der Waals surface area (Å²) >= 11 is 6.35. The lowest BCUT2D eigenvalue weighted by molar-refractivity contribution is -0.137. The second-order valence-electron chi connectivity index (χ2n) is 9.02. The third kappa shape index (κ3) is 5.14. The van der Waals surface area contributed by atoms with Crippen LogP contribution >= 0.6 is 24.0 Å². The van der Waals surface area contributed by atoms with E-state index >= 15 is 0 Å². The Kier molecular flexibility index (Phi) is 7.17. The van der Waals surface area contributed by atoms with Crippen LogP contribution < -0.4 is 15.4 Å². The van der Waals surface area contributed by atoms with Crippen molar-refractivity contribution >= 4 is 63.4 Å². The van der Waals surface area contributed by atoms with Crippen molar-refractivity contribution in [3.63, 3.8) is 0 Å². The number of aliphatic carboxylic acids is 1. The molecule has 38 heavy (non-hydrogen) atoms. The minimum Gasteiger partial charge on any atom is -0.481 e. The van der Waals surface area contributed by atoms with Gasteiger partial charge in [-0.15, -0.1) is 0 Å². The van der Waals surface area contributed by atoms with Crippen molar-refractivity contribution in [1.82, 2.24) is 14.3 Å². The maximum absolute atomic E-state index is 13.7. The molecule has 2 aliphatic heterocycles. The number of pyridine rings is 1. The van der Waals surface area contributed by atoms with Gasteiger partial charge in [0.25, 0.3) is 11.5 Å². The van der Waals surface area contributed by atoms with Crippen molar-refractivity contribution in [3.05, 3.63) is 74.8 Å². The predicted octanol–water partition coefficient (Wildman–Crippen LogP) is 3.14. The number of fused-ring (bicyclic) bond motifs is 1. The number of rotatable bonds is 6. The molecule has 196 valence electrons. The Hall–Kier alpha value is -3.77. The third-order valence-corrected chi connectivity index (χ3v) is 7.83. The van der Waals surface area contributed by atoms with Gasteiger partial charge in [0.15, 0.2) is 0 Å². The molecule has 3 aromatic rings. The number of carboxylic acids is 1. The van der Waals surface area contributed by atoms with Crippen molar-refractivity contribution in [2.24, 2.45) is 0 Å². The minimum atomic E-state index is -1.03. The number of thioether (sulfide) groups is 1. The van der Waals surface area contributed by atoms with Gasteiger partial charge in [-0.2, -0.15) is 0 Å². The second-order valence-corrected chi connectivity index (χ2v) is 10.7. The molecular formula is C26H24FN5O4S2. The number of hydrogen-bond acceptors (Lipinski definition) is 8. The Labute approximate surface area is 227 Å². The summed E-state index contributed by atoms with van der Waals surface area (Å²) in [6.45, 7) is 4.23. The fraction of sp³-hybridized carbons (Fsp3) is 0.269. The molecule has 12 heteroatoms.